The zero-order chi connectivity index (χ0) is 36.2. The first-order chi connectivity index (χ1) is 24.4. The topological polar surface area (TPSA) is 164 Å². The number of piperazine rings is 1. The molecule has 0 aliphatic carbocycles. The highest BCUT2D eigenvalue weighted by atomic mass is 16.7. The van der Waals surface area contributed by atoms with Gasteiger partial charge in [0.15, 0.2) is 6.29 Å². The van der Waals surface area contributed by atoms with Crippen molar-refractivity contribution in [3.8, 4) is 0 Å². The van der Waals surface area contributed by atoms with Crippen molar-refractivity contribution in [1.82, 2.24) is 15.5 Å². The number of rotatable bonds is 31. The van der Waals surface area contributed by atoms with Gasteiger partial charge in [-0.15, -0.1) is 0 Å². The van der Waals surface area contributed by atoms with E-state index in [0.29, 0.717) is 12.8 Å². The van der Waals surface area contributed by atoms with Gasteiger partial charge in [-0.1, -0.05) is 129 Å². The third-order valence-corrected chi connectivity index (χ3v) is 10.5. The summed E-state index contributed by atoms with van der Waals surface area (Å²) in [7, 11) is 0. The second-order valence-electron chi connectivity index (χ2n) is 15.0. The maximum atomic E-state index is 12.9. The molecule has 0 aromatic heterocycles. The Bertz CT molecular complexity index is 803. The Kier molecular flexibility index (Phi) is 26.8. The summed E-state index contributed by atoms with van der Waals surface area (Å²) in [5.74, 6) is -0.148. The fraction of sp³-hybridized carbons (Fsp3) is 0.974. The van der Waals surface area contributed by atoms with Gasteiger partial charge >= 0.3 is 0 Å². The average molecular weight is 716 g/mol. The highest BCUT2D eigenvalue weighted by Crippen LogP contribution is 2.23. The summed E-state index contributed by atoms with van der Waals surface area (Å²) in [6.45, 7) is 7.31. The van der Waals surface area contributed by atoms with Crippen molar-refractivity contribution in [2.75, 3.05) is 45.9 Å². The predicted molar refractivity (Wildman–Crippen MR) is 199 cm³/mol. The van der Waals surface area contributed by atoms with Gasteiger partial charge in [-0.3, -0.25) is 4.79 Å². The van der Waals surface area contributed by atoms with E-state index in [-0.39, 0.29) is 12.5 Å². The van der Waals surface area contributed by atoms with Crippen LogP contribution >= 0.6 is 0 Å². The number of carbonyl (C=O) groups is 1. The minimum Gasteiger partial charge on any atom is -0.394 e. The van der Waals surface area contributed by atoms with Crippen LogP contribution in [0.3, 0.4) is 0 Å². The second-order valence-corrected chi connectivity index (χ2v) is 15.0. The van der Waals surface area contributed by atoms with Crippen molar-refractivity contribution in [2.45, 2.75) is 197 Å². The Morgan fingerprint density at radius 3 is 1.84 bits per heavy atom. The molecule has 2 saturated heterocycles. The molecule has 296 valence electrons. The van der Waals surface area contributed by atoms with E-state index in [1.54, 1.807) is 0 Å². The van der Waals surface area contributed by atoms with E-state index < -0.39 is 49.5 Å². The number of nitrogens with one attached hydrogen (secondary N) is 2. The molecular weight excluding hydrogens is 638 g/mol. The van der Waals surface area contributed by atoms with E-state index in [0.717, 1.165) is 64.7 Å². The SMILES string of the molecule is CCCCCCCCCCCCCCC[C@@H](O)[C@H](COC1OC(CO)C(O)C(O)C1O)NC(=O)CCCCCCCCCCN1CCNCC1. The summed E-state index contributed by atoms with van der Waals surface area (Å²) < 4.78 is 11.2. The zero-order valence-corrected chi connectivity index (χ0v) is 31.7. The Balaban J connectivity index is 1.66. The molecule has 0 spiro atoms. The highest BCUT2D eigenvalue weighted by molar-refractivity contribution is 5.76. The molecule has 7 N–H and O–H groups in total. The van der Waals surface area contributed by atoms with Gasteiger partial charge in [0.2, 0.25) is 5.91 Å². The monoisotopic (exact) mass is 716 g/mol. The summed E-state index contributed by atoms with van der Waals surface area (Å²) in [5.41, 5.74) is 0. The Hall–Kier alpha value is -0.890. The molecule has 11 nitrogen and oxygen atoms in total. The van der Waals surface area contributed by atoms with E-state index in [9.17, 15) is 30.3 Å². The summed E-state index contributed by atoms with van der Waals surface area (Å²) >= 11 is 0. The fourth-order valence-electron chi connectivity index (χ4n) is 7.12. The van der Waals surface area contributed by atoms with Crippen LogP contribution < -0.4 is 10.6 Å². The van der Waals surface area contributed by atoms with Crippen LogP contribution in [0.25, 0.3) is 0 Å². The normalized spacial score (nSPS) is 24.3. The lowest BCUT2D eigenvalue weighted by molar-refractivity contribution is -0.302. The average Bonchev–Trinajstić information content (AvgIpc) is 3.12. The number of hydrogen-bond acceptors (Lipinski definition) is 10. The van der Waals surface area contributed by atoms with Crippen LogP contribution in [0.4, 0.5) is 0 Å². The number of hydrogen-bond donors (Lipinski definition) is 7. The van der Waals surface area contributed by atoms with Crippen LogP contribution in [0, 0.1) is 0 Å². The van der Waals surface area contributed by atoms with Gasteiger partial charge in [-0.25, -0.2) is 0 Å². The quantitative estimate of drug-likeness (QED) is 0.0507. The van der Waals surface area contributed by atoms with Crippen LogP contribution in [-0.4, -0.2) is 125 Å². The van der Waals surface area contributed by atoms with Crippen molar-refractivity contribution in [3.05, 3.63) is 0 Å². The van der Waals surface area contributed by atoms with Crippen LogP contribution in [0.5, 0.6) is 0 Å². The van der Waals surface area contributed by atoms with Crippen LogP contribution in [0.1, 0.15) is 155 Å². The molecule has 50 heavy (non-hydrogen) atoms. The molecule has 2 fully saturated rings. The lowest BCUT2D eigenvalue weighted by atomic mass is 9.99. The Morgan fingerprint density at radius 1 is 0.760 bits per heavy atom. The number of amides is 1. The standard InChI is InChI=1S/C39H77N3O8/c1-2-3-4-5-6-7-8-9-10-11-14-17-20-23-33(44)32(31-49-39-38(48)37(47)36(46)34(30-43)50-39)41-35(45)24-21-18-15-12-13-16-19-22-27-42-28-25-40-26-29-42/h32-34,36-40,43-44,46-48H,2-31H2,1H3,(H,41,45)/t32-,33+,34?,36?,37?,38?,39?/m0/s1. The molecule has 1 amide bonds. The lowest BCUT2D eigenvalue weighted by Crippen LogP contribution is -2.60. The minimum absolute atomic E-state index is 0.136. The molecule has 2 aliphatic heterocycles. The molecule has 11 heteroatoms. The van der Waals surface area contributed by atoms with Gasteiger partial charge in [0, 0.05) is 32.6 Å². The minimum atomic E-state index is -1.55. The van der Waals surface area contributed by atoms with E-state index in [1.807, 2.05) is 0 Å². The zero-order valence-electron chi connectivity index (χ0n) is 31.7. The highest BCUT2D eigenvalue weighted by Gasteiger charge is 2.44. The van der Waals surface area contributed by atoms with Gasteiger partial charge in [-0.05, 0) is 25.8 Å². The molecule has 0 aromatic rings. The molecule has 7 atom stereocenters. The summed E-state index contributed by atoms with van der Waals surface area (Å²) in [4.78, 5) is 15.5. The van der Waals surface area contributed by atoms with Crippen LogP contribution in [0.15, 0.2) is 0 Å². The maximum Gasteiger partial charge on any atom is 0.220 e. The van der Waals surface area contributed by atoms with E-state index in [4.69, 9.17) is 9.47 Å². The molecule has 0 radical (unpaired) electrons. The number of unbranched alkanes of at least 4 members (excludes halogenated alkanes) is 19. The number of aliphatic hydroxyl groups is 5. The van der Waals surface area contributed by atoms with Crippen LogP contribution in [0.2, 0.25) is 0 Å². The summed E-state index contributed by atoms with van der Waals surface area (Å²) in [5, 5.41) is 57.6. The van der Waals surface area contributed by atoms with Crippen molar-refractivity contribution >= 4 is 5.91 Å². The molecule has 2 heterocycles. The number of aliphatic hydroxyl groups excluding tert-OH is 5. The predicted octanol–water partition coefficient (Wildman–Crippen LogP) is 4.55. The molecule has 5 unspecified atom stereocenters. The first-order valence-electron chi connectivity index (χ1n) is 20.7. The van der Waals surface area contributed by atoms with Gasteiger partial charge in [0.25, 0.3) is 0 Å². The van der Waals surface area contributed by atoms with Gasteiger partial charge in [0.1, 0.15) is 24.4 Å². The smallest absolute Gasteiger partial charge is 0.220 e. The van der Waals surface area contributed by atoms with E-state index in [1.165, 1.54) is 103 Å². The van der Waals surface area contributed by atoms with Crippen molar-refractivity contribution in [2.24, 2.45) is 0 Å². The second kappa shape index (κ2) is 29.6. The van der Waals surface area contributed by atoms with Crippen molar-refractivity contribution in [3.63, 3.8) is 0 Å². The first kappa shape index (κ1) is 45.3. The number of ether oxygens (including phenoxy) is 2. The summed E-state index contributed by atoms with van der Waals surface area (Å²) in [6.07, 6.45) is 18.3. The Morgan fingerprint density at radius 2 is 1.28 bits per heavy atom. The van der Waals surface area contributed by atoms with Gasteiger partial charge in [0.05, 0.1) is 25.4 Å². The Labute approximate surface area is 304 Å². The molecule has 2 rings (SSSR count). The first-order valence-corrected chi connectivity index (χ1v) is 20.7. The van der Waals surface area contributed by atoms with Crippen molar-refractivity contribution < 1.29 is 39.8 Å². The van der Waals surface area contributed by atoms with E-state index >= 15 is 0 Å². The largest absolute Gasteiger partial charge is 0.394 e. The number of nitrogens with zero attached hydrogens (tertiary/aromatic N) is 1. The molecule has 0 saturated carbocycles. The summed E-state index contributed by atoms with van der Waals surface area (Å²) in [6, 6.07) is -0.714. The van der Waals surface area contributed by atoms with Crippen molar-refractivity contribution in [1.29, 1.82) is 0 Å². The lowest BCUT2D eigenvalue weighted by Gasteiger charge is -2.40. The molecular formula is C39H77N3O8. The van der Waals surface area contributed by atoms with Crippen LogP contribution in [-0.2, 0) is 14.3 Å². The third-order valence-electron chi connectivity index (χ3n) is 10.5. The maximum absolute atomic E-state index is 12.9. The van der Waals surface area contributed by atoms with E-state index in [2.05, 4.69) is 22.5 Å². The van der Waals surface area contributed by atoms with Gasteiger partial charge in [-0.2, -0.15) is 0 Å². The molecule has 0 aromatic carbocycles. The van der Waals surface area contributed by atoms with Gasteiger partial charge < -0.3 is 50.5 Å². The molecule has 0 bridgehead atoms. The fourth-order valence-corrected chi connectivity index (χ4v) is 7.12. The molecule has 2 aliphatic rings. The number of carbonyl (C=O) groups excluding carboxylic acids is 1. The third kappa shape index (κ3) is 20.4.